The van der Waals surface area contributed by atoms with E-state index in [0.29, 0.717) is 13.2 Å². The van der Waals surface area contributed by atoms with Crippen LogP contribution in [-0.4, -0.2) is 17.1 Å². The molecule has 1 aliphatic carbocycles. The summed E-state index contributed by atoms with van der Waals surface area (Å²) >= 11 is 0. The highest BCUT2D eigenvalue weighted by atomic mass is 19.1. The number of nitrogens with zero attached hydrogens (tertiary/aromatic N) is 1. The molecule has 94 valence electrons. The highest BCUT2D eigenvalue weighted by Crippen LogP contribution is 2.26. The second-order valence-corrected chi connectivity index (χ2v) is 4.93. The number of pyridine rings is 1. The fourth-order valence-corrected chi connectivity index (χ4v) is 2.31. The molecular formula is C13H19FN2O. The Hall–Kier alpha value is -1.00. The Kier molecular flexibility index (Phi) is 4.07. The number of hydrogen-bond donors (Lipinski definition) is 1. The molecule has 2 rings (SSSR count). The van der Waals surface area contributed by atoms with Crippen molar-refractivity contribution in [3.8, 4) is 0 Å². The first-order valence-corrected chi connectivity index (χ1v) is 6.14. The first kappa shape index (κ1) is 12.5. The number of hydrogen-bond acceptors (Lipinski definition) is 3. The molecule has 0 atom stereocenters. The third-order valence-corrected chi connectivity index (χ3v) is 3.27. The molecule has 3 nitrogen and oxygen atoms in total. The summed E-state index contributed by atoms with van der Waals surface area (Å²) in [5, 5.41) is 0. The molecule has 0 unspecified atom stereocenters. The third kappa shape index (κ3) is 3.75. The summed E-state index contributed by atoms with van der Waals surface area (Å²) in [6.07, 6.45) is 8.49. The highest BCUT2D eigenvalue weighted by Gasteiger charge is 2.27. The third-order valence-electron chi connectivity index (χ3n) is 3.27. The van der Waals surface area contributed by atoms with E-state index in [0.717, 1.165) is 18.4 Å². The zero-order chi connectivity index (χ0) is 12.1. The molecule has 1 aromatic heterocycles. The van der Waals surface area contributed by atoms with Crippen LogP contribution < -0.4 is 5.73 Å². The van der Waals surface area contributed by atoms with Gasteiger partial charge in [0.2, 0.25) is 0 Å². The van der Waals surface area contributed by atoms with E-state index in [1.54, 1.807) is 6.20 Å². The fourth-order valence-electron chi connectivity index (χ4n) is 2.31. The van der Waals surface area contributed by atoms with Gasteiger partial charge >= 0.3 is 0 Å². The molecule has 4 heteroatoms. The number of aromatic nitrogens is 1. The van der Waals surface area contributed by atoms with Gasteiger partial charge in [-0.15, -0.1) is 0 Å². The van der Waals surface area contributed by atoms with Crippen LogP contribution in [0.1, 0.15) is 37.7 Å². The maximum absolute atomic E-state index is 12.9. The van der Waals surface area contributed by atoms with Crippen molar-refractivity contribution in [1.29, 1.82) is 0 Å². The summed E-state index contributed by atoms with van der Waals surface area (Å²) in [5.74, 6) is -0.328. The predicted octanol–water partition coefficient (Wildman–Crippen LogP) is 2.40. The van der Waals surface area contributed by atoms with E-state index >= 15 is 0 Å². The molecule has 1 heterocycles. The van der Waals surface area contributed by atoms with Crippen LogP contribution in [0.3, 0.4) is 0 Å². The maximum atomic E-state index is 12.9. The largest absolute Gasteiger partial charge is 0.375 e. The molecule has 0 aromatic carbocycles. The van der Waals surface area contributed by atoms with Gasteiger partial charge in [0.15, 0.2) is 0 Å². The second-order valence-electron chi connectivity index (χ2n) is 4.93. The first-order valence-electron chi connectivity index (χ1n) is 6.14. The summed E-state index contributed by atoms with van der Waals surface area (Å²) in [6.45, 7) is 0.924. The number of rotatable bonds is 4. The van der Waals surface area contributed by atoms with Gasteiger partial charge in [0.05, 0.1) is 19.4 Å². The van der Waals surface area contributed by atoms with Crippen molar-refractivity contribution < 1.29 is 9.13 Å². The maximum Gasteiger partial charge on any atom is 0.141 e. The molecular weight excluding hydrogens is 219 g/mol. The van der Waals surface area contributed by atoms with Gasteiger partial charge in [-0.3, -0.25) is 4.98 Å². The molecule has 0 spiro atoms. The molecule has 1 saturated carbocycles. The summed E-state index contributed by atoms with van der Waals surface area (Å²) in [4.78, 5) is 3.78. The van der Waals surface area contributed by atoms with E-state index < -0.39 is 0 Å². The standard InChI is InChI=1S/C13H19FN2O/c14-12-6-11(7-16-8-12)9-17-10-13(15)4-2-1-3-5-13/h6-8H,1-5,9-10,15H2. The van der Waals surface area contributed by atoms with Crippen LogP contribution in [-0.2, 0) is 11.3 Å². The lowest BCUT2D eigenvalue weighted by Crippen LogP contribution is -2.46. The number of halogens is 1. The second kappa shape index (κ2) is 5.56. The quantitative estimate of drug-likeness (QED) is 0.876. The van der Waals surface area contributed by atoms with E-state index in [1.807, 2.05) is 0 Å². The van der Waals surface area contributed by atoms with Crippen molar-refractivity contribution in [2.75, 3.05) is 6.61 Å². The Labute approximate surface area is 101 Å². The minimum absolute atomic E-state index is 0.182. The lowest BCUT2D eigenvalue weighted by molar-refractivity contribution is 0.0572. The molecule has 17 heavy (non-hydrogen) atoms. The zero-order valence-corrected chi connectivity index (χ0v) is 9.99. The fraction of sp³-hybridized carbons (Fsp3) is 0.615. The van der Waals surface area contributed by atoms with Gasteiger partial charge in [-0.25, -0.2) is 4.39 Å². The van der Waals surface area contributed by atoms with E-state index in [9.17, 15) is 4.39 Å². The van der Waals surface area contributed by atoms with Crippen LogP contribution >= 0.6 is 0 Å². The average molecular weight is 238 g/mol. The van der Waals surface area contributed by atoms with Gasteiger partial charge < -0.3 is 10.5 Å². The molecule has 1 aromatic rings. The molecule has 0 saturated heterocycles. The molecule has 2 N–H and O–H groups in total. The molecule has 0 aliphatic heterocycles. The Balaban J connectivity index is 1.79. The van der Waals surface area contributed by atoms with E-state index in [1.165, 1.54) is 31.5 Å². The smallest absolute Gasteiger partial charge is 0.141 e. The molecule has 0 amide bonds. The van der Waals surface area contributed by atoms with Gasteiger partial charge in [-0.2, -0.15) is 0 Å². The van der Waals surface area contributed by atoms with Gasteiger partial charge in [0, 0.05) is 11.7 Å². The highest BCUT2D eigenvalue weighted by molar-refractivity contribution is 5.08. The molecule has 1 aliphatic rings. The van der Waals surface area contributed by atoms with Crippen molar-refractivity contribution in [3.63, 3.8) is 0 Å². The summed E-state index contributed by atoms with van der Waals surface area (Å²) in [6, 6.07) is 1.44. The Bertz CT molecular complexity index is 364. The van der Waals surface area contributed by atoms with Gasteiger partial charge in [-0.05, 0) is 24.5 Å². The van der Waals surface area contributed by atoms with E-state index in [2.05, 4.69) is 4.98 Å². The SMILES string of the molecule is NC1(COCc2cncc(F)c2)CCCCC1. The first-order chi connectivity index (χ1) is 8.18. The summed E-state index contributed by atoms with van der Waals surface area (Å²) < 4.78 is 18.5. The Morgan fingerprint density at radius 3 is 2.76 bits per heavy atom. The van der Waals surface area contributed by atoms with Gasteiger partial charge in [0.1, 0.15) is 5.82 Å². The summed E-state index contributed by atoms with van der Waals surface area (Å²) in [5.41, 5.74) is 6.81. The zero-order valence-electron chi connectivity index (χ0n) is 9.99. The van der Waals surface area contributed by atoms with Crippen LogP contribution in [0.4, 0.5) is 4.39 Å². The Morgan fingerprint density at radius 1 is 1.29 bits per heavy atom. The topological polar surface area (TPSA) is 48.1 Å². The minimum Gasteiger partial charge on any atom is -0.375 e. The van der Waals surface area contributed by atoms with Crippen LogP contribution in [0.5, 0.6) is 0 Å². The molecule has 0 bridgehead atoms. The van der Waals surface area contributed by atoms with E-state index in [-0.39, 0.29) is 11.4 Å². The molecule has 0 radical (unpaired) electrons. The lowest BCUT2D eigenvalue weighted by atomic mass is 9.83. The minimum atomic E-state index is -0.328. The number of nitrogens with two attached hydrogens (primary N) is 1. The lowest BCUT2D eigenvalue weighted by Gasteiger charge is -2.33. The number of ether oxygens (including phenoxy) is 1. The van der Waals surface area contributed by atoms with Crippen LogP contribution in [0, 0.1) is 5.82 Å². The van der Waals surface area contributed by atoms with Crippen molar-refractivity contribution >= 4 is 0 Å². The van der Waals surface area contributed by atoms with Crippen LogP contribution in [0.25, 0.3) is 0 Å². The summed E-state index contributed by atoms with van der Waals surface area (Å²) in [7, 11) is 0. The monoisotopic (exact) mass is 238 g/mol. The van der Waals surface area contributed by atoms with Crippen LogP contribution in [0.15, 0.2) is 18.5 Å². The average Bonchev–Trinajstić information content (AvgIpc) is 2.30. The van der Waals surface area contributed by atoms with Crippen molar-refractivity contribution in [2.45, 2.75) is 44.2 Å². The molecule has 1 fully saturated rings. The van der Waals surface area contributed by atoms with Crippen LogP contribution in [0.2, 0.25) is 0 Å². The Morgan fingerprint density at radius 2 is 2.06 bits per heavy atom. The van der Waals surface area contributed by atoms with Crippen molar-refractivity contribution in [1.82, 2.24) is 4.98 Å². The van der Waals surface area contributed by atoms with E-state index in [4.69, 9.17) is 10.5 Å². The van der Waals surface area contributed by atoms with Crippen molar-refractivity contribution in [3.05, 3.63) is 29.8 Å². The van der Waals surface area contributed by atoms with Gasteiger partial charge in [-0.1, -0.05) is 19.3 Å². The van der Waals surface area contributed by atoms with Crippen molar-refractivity contribution in [2.24, 2.45) is 5.73 Å². The van der Waals surface area contributed by atoms with Gasteiger partial charge in [0.25, 0.3) is 0 Å². The normalized spacial score (nSPS) is 19.2. The predicted molar refractivity (Wildman–Crippen MR) is 63.9 cm³/mol.